The normalized spacial score (nSPS) is 14.1. The molecule has 0 saturated carbocycles. The third-order valence-electron chi connectivity index (χ3n) is 3.41. The highest BCUT2D eigenvalue weighted by Gasteiger charge is 2.13. The van der Waals surface area contributed by atoms with Gasteiger partial charge in [-0.3, -0.25) is 0 Å². The Morgan fingerprint density at radius 1 is 0.947 bits per heavy atom. The van der Waals surface area contributed by atoms with E-state index in [1.54, 1.807) is 0 Å². The minimum absolute atomic E-state index is 0.226. The van der Waals surface area contributed by atoms with E-state index in [1.165, 1.54) is 11.1 Å². The molecule has 2 atom stereocenters. The van der Waals surface area contributed by atoms with Crippen LogP contribution in [0.1, 0.15) is 42.6 Å². The van der Waals surface area contributed by atoms with E-state index < -0.39 is 0 Å². The molecular weight excluding hydrogens is 254 g/mol. The fourth-order valence-electron chi connectivity index (χ4n) is 2.33. The maximum absolute atomic E-state index is 6.23. The highest BCUT2D eigenvalue weighted by Crippen LogP contribution is 2.25. The summed E-state index contributed by atoms with van der Waals surface area (Å²) in [7, 11) is 0. The Morgan fingerprint density at radius 2 is 1.68 bits per heavy atom. The van der Waals surface area contributed by atoms with Gasteiger partial charge >= 0.3 is 0 Å². The van der Waals surface area contributed by atoms with Gasteiger partial charge in [0.25, 0.3) is 0 Å². The topological polar surface area (TPSA) is 12.0 Å². The molecule has 0 aliphatic carbocycles. The zero-order valence-electron chi connectivity index (χ0n) is 11.7. The van der Waals surface area contributed by atoms with Gasteiger partial charge in [-0.1, -0.05) is 59.6 Å². The molecule has 0 spiro atoms. The van der Waals surface area contributed by atoms with Crippen molar-refractivity contribution in [1.29, 1.82) is 0 Å². The fourth-order valence-corrected chi connectivity index (χ4v) is 2.63. The standard InChI is InChI=1S/C17H20ClN/c1-12-7-6-8-15(11-12)13(2)19-14(3)16-9-4-5-10-17(16)18/h4-11,13-14,19H,1-3H3/t13?,14-/m1/s1. The molecule has 0 fully saturated rings. The van der Waals surface area contributed by atoms with E-state index in [2.05, 4.69) is 56.4 Å². The van der Waals surface area contributed by atoms with Gasteiger partial charge in [-0.15, -0.1) is 0 Å². The highest BCUT2D eigenvalue weighted by molar-refractivity contribution is 6.31. The second-order valence-corrected chi connectivity index (χ2v) is 5.45. The summed E-state index contributed by atoms with van der Waals surface area (Å²) in [5.41, 5.74) is 3.74. The van der Waals surface area contributed by atoms with Gasteiger partial charge in [-0.05, 0) is 38.0 Å². The molecule has 0 aromatic heterocycles. The Kier molecular flexibility index (Phi) is 4.62. The summed E-state index contributed by atoms with van der Waals surface area (Å²) in [5, 5.41) is 4.41. The predicted octanol–water partition coefficient (Wildman–Crippen LogP) is 5.06. The minimum Gasteiger partial charge on any atom is -0.304 e. The predicted molar refractivity (Wildman–Crippen MR) is 82.6 cm³/mol. The van der Waals surface area contributed by atoms with E-state index in [1.807, 2.05) is 18.2 Å². The first-order valence-corrected chi connectivity index (χ1v) is 7.03. The van der Waals surface area contributed by atoms with Crippen LogP contribution in [0.2, 0.25) is 5.02 Å². The number of hydrogen-bond donors (Lipinski definition) is 1. The SMILES string of the molecule is Cc1cccc(C(C)N[C@H](C)c2ccccc2Cl)c1. The largest absolute Gasteiger partial charge is 0.304 e. The van der Waals surface area contributed by atoms with Crippen LogP contribution in [0.25, 0.3) is 0 Å². The molecule has 19 heavy (non-hydrogen) atoms. The average Bonchev–Trinajstić information content (AvgIpc) is 2.39. The molecule has 2 aromatic rings. The van der Waals surface area contributed by atoms with Crippen molar-refractivity contribution in [3.05, 3.63) is 70.2 Å². The van der Waals surface area contributed by atoms with Crippen LogP contribution < -0.4 is 5.32 Å². The van der Waals surface area contributed by atoms with Crippen LogP contribution in [0.3, 0.4) is 0 Å². The van der Waals surface area contributed by atoms with Gasteiger partial charge in [0.1, 0.15) is 0 Å². The van der Waals surface area contributed by atoms with E-state index in [9.17, 15) is 0 Å². The summed E-state index contributed by atoms with van der Waals surface area (Å²) >= 11 is 6.23. The number of benzene rings is 2. The van der Waals surface area contributed by atoms with Gasteiger partial charge in [-0.25, -0.2) is 0 Å². The van der Waals surface area contributed by atoms with Crippen LogP contribution >= 0.6 is 11.6 Å². The zero-order chi connectivity index (χ0) is 13.8. The number of aryl methyl sites for hydroxylation is 1. The Labute approximate surface area is 120 Å². The molecule has 0 amide bonds. The first-order valence-electron chi connectivity index (χ1n) is 6.65. The third kappa shape index (κ3) is 3.59. The maximum atomic E-state index is 6.23. The van der Waals surface area contributed by atoms with E-state index in [4.69, 9.17) is 11.6 Å². The quantitative estimate of drug-likeness (QED) is 0.821. The fraction of sp³-hybridized carbons (Fsp3) is 0.294. The molecular formula is C17H20ClN. The van der Waals surface area contributed by atoms with Crippen LogP contribution in [0, 0.1) is 6.92 Å². The molecule has 0 aliphatic rings. The summed E-state index contributed by atoms with van der Waals surface area (Å²) in [6.07, 6.45) is 0. The van der Waals surface area contributed by atoms with E-state index in [0.29, 0.717) is 6.04 Å². The van der Waals surface area contributed by atoms with Crippen LogP contribution in [0.5, 0.6) is 0 Å². The lowest BCUT2D eigenvalue weighted by molar-refractivity contribution is 0.494. The maximum Gasteiger partial charge on any atom is 0.0453 e. The number of rotatable bonds is 4. The van der Waals surface area contributed by atoms with Crippen molar-refractivity contribution in [2.75, 3.05) is 0 Å². The van der Waals surface area contributed by atoms with Gasteiger partial charge in [0.05, 0.1) is 0 Å². The lowest BCUT2D eigenvalue weighted by Crippen LogP contribution is -2.22. The van der Waals surface area contributed by atoms with Crippen molar-refractivity contribution in [2.24, 2.45) is 0 Å². The molecule has 2 rings (SSSR count). The van der Waals surface area contributed by atoms with Crippen molar-refractivity contribution in [3.8, 4) is 0 Å². The zero-order valence-corrected chi connectivity index (χ0v) is 12.4. The summed E-state index contributed by atoms with van der Waals surface area (Å²) < 4.78 is 0. The van der Waals surface area contributed by atoms with Crippen molar-refractivity contribution in [3.63, 3.8) is 0 Å². The minimum atomic E-state index is 0.226. The monoisotopic (exact) mass is 273 g/mol. The molecule has 0 radical (unpaired) electrons. The third-order valence-corrected chi connectivity index (χ3v) is 3.76. The molecule has 1 N–H and O–H groups in total. The smallest absolute Gasteiger partial charge is 0.0453 e. The van der Waals surface area contributed by atoms with Crippen molar-refractivity contribution >= 4 is 11.6 Å². The molecule has 0 saturated heterocycles. The first-order chi connectivity index (χ1) is 9.08. The number of hydrogen-bond acceptors (Lipinski definition) is 1. The Balaban J connectivity index is 2.11. The summed E-state index contributed by atoms with van der Waals surface area (Å²) in [4.78, 5) is 0. The molecule has 0 aliphatic heterocycles. The Bertz CT molecular complexity index is 550. The van der Waals surface area contributed by atoms with Crippen molar-refractivity contribution in [2.45, 2.75) is 32.9 Å². The molecule has 0 heterocycles. The summed E-state index contributed by atoms with van der Waals surface area (Å²) in [5.74, 6) is 0. The van der Waals surface area contributed by atoms with Crippen LogP contribution in [-0.4, -0.2) is 0 Å². The van der Waals surface area contributed by atoms with Crippen LogP contribution in [-0.2, 0) is 0 Å². The Morgan fingerprint density at radius 3 is 2.37 bits per heavy atom. The number of nitrogens with one attached hydrogen (secondary N) is 1. The van der Waals surface area contributed by atoms with Crippen LogP contribution in [0.15, 0.2) is 48.5 Å². The average molecular weight is 274 g/mol. The second-order valence-electron chi connectivity index (χ2n) is 5.05. The molecule has 1 nitrogen and oxygen atoms in total. The van der Waals surface area contributed by atoms with Crippen molar-refractivity contribution in [1.82, 2.24) is 5.32 Å². The Hall–Kier alpha value is -1.31. The van der Waals surface area contributed by atoms with Gasteiger partial charge in [-0.2, -0.15) is 0 Å². The van der Waals surface area contributed by atoms with E-state index >= 15 is 0 Å². The van der Waals surface area contributed by atoms with Crippen molar-refractivity contribution < 1.29 is 0 Å². The highest BCUT2D eigenvalue weighted by atomic mass is 35.5. The van der Waals surface area contributed by atoms with Gasteiger partial charge in [0.2, 0.25) is 0 Å². The first kappa shape index (κ1) is 14.1. The molecule has 1 unspecified atom stereocenters. The van der Waals surface area contributed by atoms with Gasteiger partial charge in [0.15, 0.2) is 0 Å². The van der Waals surface area contributed by atoms with E-state index in [0.717, 1.165) is 10.6 Å². The van der Waals surface area contributed by atoms with Gasteiger partial charge < -0.3 is 5.32 Å². The number of halogens is 1. The molecule has 0 bridgehead atoms. The van der Waals surface area contributed by atoms with E-state index in [-0.39, 0.29) is 6.04 Å². The van der Waals surface area contributed by atoms with Gasteiger partial charge in [0, 0.05) is 17.1 Å². The lowest BCUT2D eigenvalue weighted by Gasteiger charge is -2.22. The van der Waals surface area contributed by atoms with Crippen LogP contribution in [0.4, 0.5) is 0 Å². The summed E-state index contributed by atoms with van der Waals surface area (Å²) in [6.45, 7) is 6.45. The lowest BCUT2D eigenvalue weighted by atomic mass is 10.0. The molecule has 100 valence electrons. The molecule has 2 aromatic carbocycles. The second kappa shape index (κ2) is 6.23. The molecule has 2 heteroatoms. The summed E-state index contributed by atoms with van der Waals surface area (Å²) in [6, 6.07) is 17.1.